The summed E-state index contributed by atoms with van der Waals surface area (Å²) < 4.78 is 39.1. The third kappa shape index (κ3) is 3.32. The molecule has 0 radical (unpaired) electrons. The summed E-state index contributed by atoms with van der Waals surface area (Å²) in [5.74, 6) is -4.06. The number of imide groups is 2. The number of nitrogens with two attached hydrogens (primary N) is 1. The van der Waals surface area contributed by atoms with Crippen LogP contribution in [0.5, 0.6) is 0 Å². The van der Waals surface area contributed by atoms with E-state index in [1.165, 1.54) is 12.1 Å². The first kappa shape index (κ1) is 20.3. The summed E-state index contributed by atoms with van der Waals surface area (Å²) in [6.07, 6.45) is -4.48. The van der Waals surface area contributed by atoms with Crippen molar-refractivity contribution in [3.8, 4) is 0 Å². The first-order chi connectivity index (χ1) is 14.1. The summed E-state index contributed by atoms with van der Waals surface area (Å²) >= 11 is 0. The van der Waals surface area contributed by atoms with Gasteiger partial charge in [0.2, 0.25) is 11.8 Å². The van der Waals surface area contributed by atoms with Gasteiger partial charge in [-0.25, -0.2) is 0 Å². The topological polar surface area (TPSA) is 113 Å². The van der Waals surface area contributed by atoms with E-state index in [0.29, 0.717) is 5.69 Å². The SMILES string of the molecule is NC1CN(c2ccc3c(c2)C(=O)N(C2CCC(=O)NC2=O)C3=O)CCC1C(F)(F)F. The average molecular weight is 424 g/mol. The Morgan fingerprint density at radius 1 is 1.03 bits per heavy atom. The van der Waals surface area contributed by atoms with Gasteiger partial charge in [0.1, 0.15) is 6.04 Å². The molecule has 3 N–H and O–H groups in total. The largest absolute Gasteiger partial charge is 0.393 e. The molecule has 11 heteroatoms. The molecule has 1 aromatic rings. The van der Waals surface area contributed by atoms with Crippen LogP contribution in [0.1, 0.15) is 40.0 Å². The van der Waals surface area contributed by atoms with Gasteiger partial charge in [-0.2, -0.15) is 13.2 Å². The van der Waals surface area contributed by atoms with E-state index in [0.717, 1.165) is 4.90 Å². The lowest BCUT2D eigenvalue weighted by molar-refractivity contribution is -0.183. The molecule has 2 fully saturated rings. The van der Waals surface area contributed by atoms with Gasteiger partial charge in [-0.1, -0.05) is 0 Å². The Morgan fingerprint density at radius 3 is 2.37 bits per heavy atom. The summed E-state index contributed by atoms with van der Waals surface area (Å²) in [6, 6.07) is 2.25. The number of nitrogens with one attached hydrogen (secondary N) is 1. The summed E-state index contributed by atoms with van der Waals surface area (Å²) in [4.78, 5) is 51.5. The number of rotatable bonds is 2. The van der Waals surface area contributed by atoms with E-state index < -0.39 is 47.8 Å². The van der Waals surface area contributed by atoms with Crippen molar-refractivity contribution in [3.63, 3.8) is 0 Å². The van der Waals surface area contributed by atoms with Gasteiger partial charge in [0.15, 0.2) is 0 Å². The maximum absolute atomic E-state index is 13.0. The summed E-state index contributed by atoms with van der Waals surface area (Å²) in [6.45, 7) is 0.0671. The second-order valence-corrected chi connectivity index (χ2v) is 7.72. The van der Waals surface area contributed by atoms with Crippen molar-refractivity contribution in [1.29, 1.82) is 0 Å². The van der Waals surface area contributed by atoms with E-state index in [1.54, 1.807) is 11.0 Å². The standard InChI is InChI=1S/C19H19F3N4O4/c20-19(21,22)12-5-6-25(8-13(12)23)9-1-2-10-11(7-9)18(30)26(17(10)29)14-3-4-15(27)24-16(14)28/h1-2,7,12-14H,3-6,8,23H2,(H,24,27,28). The van der Waals surface area contributed by atoms with Crippen LogP contribution in [-0.2, 0) is 9.59 Å². The van der Waals surface area contributed by atoms with Crippen LogP contribution < -0.4 is 16.0 Å². The zero-order chi connectivity index (χ0) is 21.8. The van der Waals surface area contributed by atoms with Gasteiger partial charge < -0.3 is 10.6 Å². The van der Waals surface area contributed by atoms with Crippen molar-refractivity contribution in [3.05, 3.63) is 29.3 Å². The molecule has 2 saturated heterocycles. The molecule has 3 heterocycles. The first-order valence-corrected chi connectivity index (χ1v) is 9.51. The highest BCUT2D eigenvalue weighted by Gasteiger charge is 2.47. The van der Waals surface area contributed by atoms with Crippen LogP contribution in [0, 0.1) is 5.92 Å². The molecule has 1 aromatic carbocycles. The van der Waals surface area contributed by atoms with Crippen molar-refractivity contribution >= 4 is 29.3 Å². The number of carbonyl (C=O) groups is 4. The minimum atomic E-state index is -4.37. The molecule has 3 aliphatic heterocycles. The second-order valence-electron chi connectivity index (χ2n) is 7.72. The number of piperidine rings is 2. The minimum absolute atomic E-state index is 0.0150. The highest BCUT2D eigenvalue weighted by Crippen LogP contribution is 2.36. The van der Waals surface area contributed by atoms with Crippen molar-refractivity contribution in [2.75, 3.05) is 18.0 Å². The fraction of sp³-hybridized carbons (Fsp3) is 0.474. The number of hydrogen-bond acceptors (Lipinski definition) is 6. The van der Waals surface area contributed by atoms with Gasteiger partial charge in [-0.3, -0.25) is 29.4 Å². The number of carbonyl (C=O) groups excluding carboxylic acids is 4. The van der Waals surface area contributed by atoms with E-state index in [2.05, 4.69) is 5.32 Å². The maximum Gasteiger partial charge on any atom is 0.393 e. The Balaban J connectivity index is 1.56. The molecular weight excluding hydrogens is 405 g/mol. The van der Waals surface area contributed by atoms with E-state index in [1.807, 2.05) is 0 Å². The van der Waals surface area contributed by atoms with Crippen LogP contribution in [0.2, 0.25) is 0 Å². The number of benzene rings is 1. The smallest absolute Gasteiger partial charge is 0.370 e. The van der Waals surface area contributed by atoms with Crippen molar-refractivity contribution < 1.29 is 32.3 Å². The van der Waals surface area contributed by atoms with E-state index >= 15 is 0 Å². The number of fused-ring (bicyclic) bond motifs is 1. The van der Waals surface area contributed by atoms with Gasteiger partial charge in [-0.05, 0) is 31.0 Å². The van der Waals surface area contributed by atoms with Gasteiger partial charge in [-0.15, -0.1) is 0 Å². The molecule has 0 bridgehead atoms. The quantitative estimate of drug-likeness (QED) is 0.680. The van der Waals surface area contributed by atoms with Crippen LogP contribution in [0.4, 0.5) is 18.9 Å². The molecule has 3 unspecified atom stereocenters. The van der Waals surface area contributed by atoms with Crippen molar-refractivity contribution in [1.82, 2.24) is 10.2 Å². The van der Waals surface area contributed by atoms with E-state index in [4.69, 9.17) is 5.73 Å². The molecule has 3 atom stereocenters. The lowest BCUT2D eigenvalue weighted by atomic mass is 9.91. The molecule has 4 amide bonds. The molecule has 0 saturated carbocycles. The highest BCUT2D eigenvalue weighted by atomic mass is 19.4. The number of amides is 4. The van der Waals surface area contributed by atoms with Crippen molar-refractivity contribution in [2.24, 2.45) is 11.7 Å². The Bertz CT molecular complexity index is 948. The third-order valence-corrected chi connectivity index (χ3v) is 5.87. The van der Waals surface area contributed by atoms with Crippen LogP contribution >= 0.6 is 0 Å². The molecule has 160 valence electrons. The molecule has 3 aliphatic rings. The van der Waals surface area contributed by atoms with Gasteiger partial charge in [0, 0.05) is 31.2 Å². The number of nitrogens with zero attached hydrogens (tertiary/aromatic N) is 2. The van der Waals surface area contributed by atoms with Gasteiger partial charge in [0.05, 0.1) is 17.0 Å². The number of anilines is 1. The third-order valence-electron chi connectivity index (χ3n) is 5.87. The zero-order valence-electron chi connectivity index (χ0n) is 15.7. The fourth-order valence-electron chi connectivity index (χ4n) is 4.28. The molecular formula is C19H19F3N4O4. The summed E-state index contributed by atoms with van der Waals surface area (Å²) in [5.41, 5.74) is 6.41. The summed E-state index contributed by atoms with van der Waals surface area (Å²) in [7, 11) is 0. The highest BCUT2D eigenvalue weighted by molar-refractivity contribution is 6.23. The predicted octanol–water partition coefficient (Wildman–Crippen LogP) is 0.804. The monoisotopic (exact) mass is 424 g/mol. The second kappa shape index (κ2) is 7.08. The molecule has 0 aromatic heterocycles. The predicted molar refractivity (Wildman–Crippen MR) is 97.5 cm³/mol. The van der Waals surface area contributed by atoms with E-state index in [9.17, 15) is 32.3 Å². The van der Waals surface area contributed by atoms with Crippen LogP contribution in [-0.4, -0.2) is 59.9 Å². The van der Waals surface area contributed by atoms with Gasteiger partial charge >= 0.3 is 6.18 Å². The first-order valence-electron chi connectivity index (χ1n) is 9.51. The Hall–Kier alpha value is -2.95. The molecule has 30 heavy (non-hydrogen) atoms. The fourth-order valence-corrected chi connectivity index (χ4v) is 4.28. The Morgan fingerprint density at radius 2 is 1.73 bits per heavy atom. The zero-order valence-corrected chi connectivity index (χ0v) is 15.7. The number of halogens is 3. The normalized spacial score (nSPS) is 27.4. The minimum Gasteiger partial charge on any atom is -0.370 e. The Labute approximate surface area is 169 Å². The Kier molecular flexibility index (Phi) is 4.80. The molecule has 0 spiro atoms. The maximum atomic E-state index is 13.0. The van der Waals surface area contributed by atoms with E-state index in [-0.39, 0.29) is 43.5 Å². The average Bonchev–Trinajstić information content (AvgIpc) is 2.91. The van der Waals surface area contributed by atoms with Gasteiger partial charge in [0.25, 0.3) is 11.8 Å². The summed E-state index contributed by atoms with van der Waals surface area (Å²) in [5, 5.41) is 2.12. The van der Waals surface area contributed by atoms with Crippen LogP contribution in [0.25, 0.3) is 0 Å². The van der Waals surface area contributed by atoms with Crippen LogP contribution in [0.3, 0.4) is 0 Å². The lowest BCUT2D eigenvalue weighted by Crippen LogP contribution is -2.54. The number of alkyl halides is 3. The number of hydrogen-bond donors (Lipinski definition) is 2. The van der Waals surface area contributed by atoms with Crippen molar-refractivity contribution in [2.45, 2.75) is 37.5 Å². The molecule has 4 rings (SSSR count). The lowest BCUT2D eigenvalue weighted by Gasteiger charge is -2.38. The molecule has 0 aliphatic carbocycles. The molecule has 8 nitrogen and oxygen atoms in total. The van der Waals surface area contributed by atoms with Crippen LogP contribution in [0.15, 0.2) is 18.2 Å².